The molecule has 2 aromatic rings. The quantitative estimate of drug-likeness (QED) is 0.380. The van der Waals surface area contributed by atoms with Crippen molar-refractivity contribution in [2.45, 2.75) is 6.92 Å². The Labute approximate surface area is 133 Å². The van der Waals surface area contributed by atoms with Crippen molar-refractivity contribution in [2.75, 3.05) is 12.4 Å². The number of carbonyl (C=O) groups is 1. The Morgan fingerprint density at radius 1 is 1.22 bits per heavy atom. The predicted octanol–water partition coefficient (Wildman–Crippen LogP) is 3.72. The first-order valence-electron chi connectivity index (χ1n) is 6.88. The van der Waals surface area contributed by atoms with E-state index in [-0.39, 0.29) is 11.5 Å². The van der Waals surface area contributed by atoms with Gasteiger partial charge in [0.2, 0.25) is 0 Å². The number of hydrogen-bond acceptors (Lipinski definition) is 5. The van der Waals surface area contributed by atoms with Crippen molar-refractivity contribution in [3.05, 3.63) is 76.0 Å². The monoisotopic (exact) mass is 312 g/mol. The molecule has 118 valence electrons. The molecule has 0 spiro atoms. The number of rotatable bonds is 6. The van der Waals surface area contributed by atoms with Crippen molar-refractivity contribution in [3.63, 3.8) is 0 Å². The molecule has 2 aromatic carbocycles. The number of aryl methyl sites for hydroxylation is 1. The molecule has 0 aliphatic rings. The van der Waals surface area contributed by atoms with Gasteiger partial charge < -0.3 is 10.1 Å². The Morgan fingerprint density at radius 2 is 1.91 bits per heavy atom. The second-order valence-electron chi connectivity index (χ2n) is 4.85. The fourth-order valence-corrected chi connectivity index (χ4v) is 1.94. The lowest BCUT2D eigenvalue weighted by atomic mass is 10.1. The van der Waals surface area contributed by atoms with Gasteiger partial charge >= 0.3 is 0 Å². The molecule has 6 heteroatoms. The highest BCUT2D eigenvalue weighted by Gasteiger charge is 2.10. The summed E-state index contributed by atoms with van der Waals surface area (Å²) >= 11 is 0. The molecule has 0 aliphatic heterocycles. The number of non-ortho nitro benzene ring substituents is 1. The van der Waals surface area contributed by atoms with Gasteiger partial charge in [-0.05, 0) is 13.0 Å². The Balaban J connectivity index is 2.13. The maximum atomic E-state index is 12.0. The number of nitrogens with one attached hydrogen (secondary N) is 1. The average molecular weight is 312 g/mol. The van der Waals surface area contributed by atoms with Gasteiger partial charge in [0.25, 0.3) is 5.69 Å². The lowest BCUT2D eigenvalue weighted by Crippen LogP contribution is -1.98. The Kier molecular flexibility index (Phi) is 5.09. The molecule has 0 amide bonds. The van der Waals surface area contributed by atoms with E-state index in [0.29, 0.717) is 17.0 Å². The highest BCUT2D eigenvalue weighted by atomic mass is 16.6. The van der Waals surface area contributed by atoms with E-state index in [1.54, 1.807) is 12.1 Å². The van der Waals surface area contributed by atoms with Gasteiger partial charge in [-0.25, -0.2) is 0 Å². The summed E-state index contributed by atoms with van der Waals surface area (Å²) < 4.78 is 5.13. The Bertz CT molecular complexity index is 752. The number of carbonyl (C=O) groups excluding carboxylic acids is 1. The normalized spacial score (nSPS) is 10.5. The molecule has 0 bridgehead atoms. The summed E-state index contributed by atoms with van der Waals surface area (Å²) in [6.45, 7) is 1.94. The number of methoxy groups -OCH3 is 1. The molecule has 0 saturated carbocycles. The number of nitro benzene ring substituents is 1. The fraction of sp³-hybridized carbons (Fsp3) is 0.118. The first kappa shape index (κ1) is 16.2. The summed E-state index contributed by atoms with van der Waals surface area (Å²) in [6.07, 6.45) is 2.80. The summed E-state index contributed by atoms with van der Waals surface area (Å²) in [6, 6.07) is 11.4. The minimum atomic E-state index is -0.494. The van der Waals surface area contributed by atoms with Crippen molar-refractivity contribution >= 4 is 17.2 Å². The zero-order valence-corrected chi connectivity index (χ0v) is 12.8. The summed E-state index contributed by atoms with van der Waals surface area (Å²) in [5.41, 5.74) is 1.99. The van der Waals surface area contributed by atoms with E-state index in [9.17, 15) is 14.9 Å². The van der Waals surface area contributed by atoms with Crippen LogP contribution in [0.4, 0.5) is 11.4 Å². The van der Waals surface area contributed by atoms with Crippen LogP contribution in [0.3, 0.4) is 0 Å². The molecule has 0 aromatic heterocycles. The van der Waals surface area contributed by atoms with E-state index >= 15 is 0 Å². The van der Waals surface area contributed by atoms with E-state index in [4.69, 9.17) is 4.74 Å². The van der Waals surface area contributed by atoms with Gasteiger partial charge in [-0.15, -0.1) is 0 Å². The molecule has 0 radical (unpaired) electrons. The second kappa shape index (κ2) is 7.22. The van der Waals surface area contributed by atoms with Crippen LogP contribution in [0.1, 0.15) is 15.9 Å². The first-order valence-corrected chi connectivity index (χ1v) is 6.88. The van der Waals surface area contributed by atoms with Crippen LogP contribution in [0.15, 0.2) is 54.7 Å². The van der Waals surface area contributed by atoms with Crippen LogP contribution >= 0.6 is 0 Å². The van der Waals surface area contributed by atoms with Crippen molar-refractivity contribution in [3.8, 4) is 5.75 Å². The van der Waals surface area contributed by atoms with Crippen LogP contribution in [-0.4, -0.2) is 17.8 Å². The molecular formula is C17H16N2O4. The molecule has 0 saturated heterocycles. The molecular weight excluding hydrogens is 296 g/mol. The molecule has 0 atom stereocenters. The van der Waals surface area contributed by atoms with Crippen molar-refractivity contribution in [1.82, 2.24) is 0 Å². The highest BCUT2D eigenvalue weighted by Crippen LogP contribution is 2.28. The smallest absolute Gasteiger partial charge is 0.271 e. The highest BCUT2D eigenvalue weighted by molar-refractivity contribution is 6.04. The number of hydrogen-bond donors (Lipinski definition) is 1. The third kappa shape index (κ3) is 4.16. The van der Waals surface area contributed by atoms with Gasteiger partial charge in [-0.2, -0.15) is 0 Å². The van der Waals surface area contributed by atoms with E-state index in [1.807, 2.05) is 19.1 Å². The lowest BCUT2D eigenvalue weighted by Gasteiger charge is -2.07. The van der Waals surface area contributed by atoms with E-state index in [2.05, 4.69) is 5.32 Å². The van der Waals surface area contributed by atoms with Crippen LogP contribution < -0.4 is 10.1 Å². The summed E-state index contributed by atoms with van der Waals surface area (Å²) in [4.78, 5) is 22.3. The standard InChI is InChI=1S/C17H16N2O4/c1-12-3-5-13(6-4-12)16(20)9-10-18-15-11-14(19(21)22)7-8-17(15)23-2/h3-11,18H,1-2H3. The molecule has 0 aliphatic carbocycles. The molecule has 2 rings (SSSR count). The van der Waals surface area contributed by atoms with E-state index < -0.39 is 4.92 Å². The number of nitro groups is 1. The largest absolute Gasteiger partial charge is 0.495 e. The van der Waals surface area contributed by atoms with Gasteiger partial charge in [-0.3, -0.25) is 14.9 Å². The molecule has 0 heterocycles. The van der Waals surface area contributed by atoms with Gasteiger partial charge in [0.05, 0.1) is 17.7 Å². The van der Waals surface area contributed by atoms with Gasteiger partial charge in [0.15, 0.2) is 5.78 Å². The van der Waals surface area contributed by atoms with Crippen LogP contribution in [0.2, 0.25) is 0 Å². The number of anilines is 1. The molecule has 0 fully saturated rings. The van der Waals surface area contributed by atoms with Gasteiger partial charge in [-0.1, -0.05) is 29.8 Å². The molecule has 1 N–H and O–H groups in total. The molecule has 0 unspecified atom stereocenters. The number of ketones is 1. The summed E-state index contributed by atoms with van der Waals surface area (Å²) in [5, 5.41) is 13.7. The van der Waals surface area contributed by atoms with Crippen molar-refractivity contribution < 1.29 is 14.5 Å². The SMILES string of the molecule is COc1ccc([N+](=O)[O-])cc1NC=CC(=O)c1ccc(C)cc1. The minimum Gasteiger partial charge on any atom is -0.495 e. The number of allylic oxidation sites excluding steroid dienone is 1. The third-order valence-electron chi connectivity index (χ3n) is 3.20. The zero-order chi connectivity index (χ0) is 16.8. The predicted molar refractivity (Wildman–Crippen MR) is 87.9 cm³/mol. The van der Waals surface area contributed by atoms with Crippen LogP contribution in [0, 0.1) is 17.0 Å². The Morgan fingerprint density at radius 3 is 2.52 bits per heavy atom. The average Bonchev–Trinajstić information content (AvgIpc) is 2.55. The third-order valence-corrected chi connectivity index (χ3v) is 3.20. The second-order valence-corrected chi connectivity index (χ2v) is 4.85. The fourth-order valence-electron chi connectivity index (χ4n) is 1.94. The van der Waals surface area contributed by atoms with Crippen LogP contribution in [-0.2, 0) is 0 Å². The van der Waals surface area contributed by atoms with Crippen LogP contribution in [0.25, 0.3) is 0 Å². The zero-order valence-electron chi connectivity index (χ0n) is 12.8. The number of nitrogens with zero attached hydrogens (tertiary/aromatic N) is 1. The summed E-state index contributed by atoms with van der Waals surface area (Å²) in [5.74, 6) is 0.282. The lowest BCUT2D eigenvalue weighted by molar-refractivity contribution is -0.384. The number of benzene rings is 2. The van der Waals surface area contributed by atoms with Gasteiger partial charge in [0.1, 0.15) is 5.75 Å². The number of ether oxygens (including phenoxy) is 1. The Hall–Kier alpha value is -3.15. The van der Waals surface area contributed by atoms with Crippen molar-refractivity contribution in [2.24, 2.45) is 0 Å². The minimum absolute atomic E-state index is 0.0634. The van der Waals surface area contributed by atoms with Gasteiger partial charge in [0, 0.05) is 30.0 Å². The molecule has 23 heavy (non-hydrogen) atoms. The van der Waals surface area contributed by atoms with Crippen LogP contribution in [0.5, 0.6) is 5.75 Å². The van der Waals surface area contributed by atoms with E-state index in [1.165, 1.54) is 37.6 Å². The molecule has 6 nitrogen and oxygen atoms in total. The maximum absolute atomic E-state index is 12.0. The summed E-state index contributed by atoms with van der Waals surface area (Å²) in [7, 11) is 1.47. The van der Waals surface area contributed by atoms with Crippen molar-refractivity contribution in [1.29, 1.82) is 0 Å². The maximum Gasteiger partial charge on any atom is 0.271 e. The van der Waals surface area contributed by atoms with E-state index in [0.717, 1.165) is 5.56 Å². The topological polar surface area (TPSA) is 81.5 Å². The first-order chi connectivity index (χ1) is 11.0.